The molecule has 5 heterocycles. The van der Waals surface area contributed by atoms with Crippen LogP contribution >= 0.6 is 11.3 Å². The largest absolute Gasteiger partial charge is 0.353 e. The van der Waals surface area contributed by atoms with E-state index in [2.05, 4.69) is 24.8 Å². The highest BCUT2D eigenvalue weighted by Gasteiger charge is 2.37. The molecule has 0 radical (unpaired) electrons. The molecule has 3 fully saturated rings. The maximum absolute atomic E-state index is 12.9. The number of piperidine rings is 1. The lowest BCUT2D eigenvalue weighted by Gasteiger charge is -2.36. The first kappa shape index (κ1) is 16.4. The number of hydrogen-bond acceptors (Lipinski definition) is 6. The number of thiazole rings is 1. The Bertz CT molecular complexity index is 734. The van der Waals surface area contributed by atoms with E-state index in [-0.39, 0.29) is 11.9 Å². The Labute approximate surface area is 151 Å². The molecule has 3 aliphatic heterocycles. The number of anilines is 1. The molecule has 6 nitrogen and oxygen atoms in total. The lowest BCUT2D eigenvalue weighted by atomic mass is 9.94. The molecule has 1 amide bonds. The van der Waals surface area contributed by atoms with E-state index in [0.717, 1.165) is 44.0 Å². The van der Waals surface area contributed by atoms with Crippen molar-refractivity contribution in [3.63, 3.8) is 0 Å². The van der Waals surface area contributed by atoms with Gasteiger partial charge in [-0.05, 0) is 32.1 Å². The summed E-state index contributed by atoms with van der Waals surface area (Å²) in [6.07, 6.45) is 8.93. The molecule has 3 saturated heterocycles. The van der Waals surface area contributed by atoms with Gasteiger partial charge in [-0.3, -0.25) is 9.78 Å². The van der Waals surface area contributed by atoms with Crippen molar-refractivity contribution >= 4 is 23.1 Å². The van der Waals surface area contributed by atoms with Crippen LogP contribution in [0.4, 0.5) is 5.82 Å². The second-order valence-electron chi connectivity index (χ2n) is 6.97. The highest BCUT2D eigenvalue weighted by Crippen LogP contribution is 2.30. The Hall–Kier alpha value is -2.02. The number of rotatable bonds is 4. The molecule has 2 atom stereocenters. The number of carbonyl (C=O) groups is 1. The van der Waals surface area contributed by atoms with Crippen molar-refractivity contribution in [1.82, 2.24) is 19.9 Å². The van der Waals surface area contributed by atoms with Gasteiger partial charge in [0.15, 0.2) is 0 Å². The number of amides is 1. The lowest BCUT2D eigenvalue weighted by Crippen LogP contribution is -2.47. The van der Waals surface area contributed by atoms with E-state index in [4.69, 9.17) is 0 Å². The molecule has 0 unspecified atom stereocenters. The van der Waals surface area contributed by atoms with Crippen LogP contribution in [0.25, 0.3) is 0 Å². The third-order valence-corrected chi connectivity index (χ3v) is 6.31. The van der Waals surface area contributed by atoms with E-state index in [0.29, 0.717) is 12.3 Å². The molecule has 0 aliphatic carbocycles. The second-order valence-corrected chi connectivity index (χ2v) is 7.91. The van der Waals surface area contributed by atoms with Gasteiger partial charge in [-0.25, -0.2) is 9.97 Å². The minimum atomic E-state index is 0.281. The van der Waals surface area contributed by atoms with Crippen LogP contribution in [0, 0.1) is 12.8 Å². The van der Waals surface area contributed by atoms with Crippen LogP contribution in [0.3, 0.4) is 0 Å². The van der Waals surface area contributed by atoms with Crippen LogP contribution in [0.5, 0.6) is 0 Å². The molecule has 5 rings (SSSR count). The average Bonchev–Trinajstić information content (AvgIpc) is 2.85. The van der Waals surface area contributed by atoms with E-state index in [1.165, 1.54) is 11.3 Å². The standard InChI is InChI=1S/C18H23N5OS/c1-13-16(25-12-21-13)4-5-18(24)23-10-14-2-3-15(23)11-22(9-14)17-8-19-6-7-20-17/h6-8,12,14-15H,2-5,9-11H2,1H3/t14-,15+/m0/s1. The van der Waals surface area contributed by atoms with Gasteiger partial charge in [0.2, 0.25) is 5.91 Å². The summed E-state index contributed by atoms with van der Waals surface area (Å²) in [7, 11) is 0. The zero-order chi connectivity index (χ0) is 17.2. The summed E-state index contributed by atoms with van der Waals surface area (Å²) >= 11 is 1.65. The third kappa shape index (κ3) is 3.51. The van der Waals surface area contributed by atoms with Crippen molar-refractivity contribution in [1.29, 1.82) is 0 Å². The summed E-state index contributed by atoms with van der Waals surface area (Å²) in [5.74, 6) is 1.73. The highest BCUT2D eigenvalue weighted by atomic mass is 32.1. The van der Waals surface area contributed by atoms with Gasteiger partial charge in [-0.15, -0.1) is 11.3 Å². The van der Waals surface area contributed by atoms with Gasteiger partial charge in [0.25, 0.3) is 0 Å². The van der Waals surface area contributed by atoms with Crippen LogP contribution < -0.4 is 4.90 Å². The Morgan fingerprint density at radius 2 is 2.16 bits per heavy atom. The predicted octanol–water partition coefficient (Wildman–Crippen LogP) is 2.30. The van der Waals surface area contributed by atoms with Crippen molar-refractivity contribution in [3.8, 4) is 0 Å². The number of hydrogen-bond donors (Lipinski definition) is 0. The van der Waals surface area contributed by atoms with E-state index >= 15 is 0 Å². The Morgan fingerprint density at radius 3 is 2.92 bits per heavy atom. The average molecular weight is 357 g/mol. The molecular weight excluding hydrogens is 334 g/mol. The van der Waals surface area contributed by atoms with Crippen LogP contribution in [-0.4, -0.2) is 51.4 Å². The maximum atomic E-state index is 12.9. The molecule has 0 saturated carbocycles. The molecule has 0 N–H and O–H groups in total. The number of fused-ring (bicyclic) bond motifs is 4. The zero-order valence-corrected chi connectivity index (χ0v) is 15.3. The van der Waals surface area contributed by atoms with Crippen molar-refractivity contribution in [2.45, 2.75) is 38.6 Å². The molecule has 2 aromatic rings. The van der Waals surface area contributed by atoms with E-state index in [9.17, 15) is 4.79 Å². The number of nitrogens with zero attached hydrogens (tertiary/aromatic N) is 5. The van der Waals surface area contributed by atoms with Crippen molar-refractivity contribution in [2.24, 2.45) is 5.92 Å². The van der Waals surface area contributed by atoms with E-state index in [1.54, 1.807) is 23.7 Å². The fourth-order valence-electron chi connectivity index (χ4n) is 3.96. The van der Waals surface area contributed by atoms with Gasteiger partial charge in [-0.2, -0.15) is 0 Å². The first-order valence-electron chi connectivity index (χ1n) is 8.90. The first-order chi connectivity index (χ1) is 12.2. The zero-order valence-electron chi connectivity index (χ0n) is 14.5. The van der Waals surface area contributed by atoms with Gasteiger partial charge < -0.3 is 9.80 Å². The summed E-state index contributed by atoms with van der Waals surface area (Å²) in [4.78, 5) is 31.4. The minimum Gasteiger partial charge on any atom is -0.353 e. The van der Waals surface area contributed by atoms with Gasteiger partial charge in [0.05, 0.1) is 17.4 Å². The van der Waals surface area contributed by atoms with Gasteiger partial charge in [0.1, 0.15) is 5.82 Å². The minimum absolute atomic E-state index is 0.281. The SMILES string of the molecule is Cc1ncsc1CCC(=O)N1C[C@H]2CC[C@@H]1CN(c1cnccn1)C2. The van der Waals surface area contributed by atoms with Crippen molar-refractivity contribution in [2.75, 3.05) is 24.5 Å². The number of aromatic nitrogens is 3. The molecule has 3 aliphatic rings. The topological polar surface area (TPSA) is 62.2 Å². The van der Waals surface area contributed by atoms with Crippen LogP contribution in [0.2, 0.25) is 0 Å². The summed E-state index contributed by atoms with van der Waals surface area (Å²) in [6.45, 7) is 4.72. The Morgan fingerprint density at radius 1 is 1.24 bits per heavy atom. The summed E-state index contributed by atoms with van der Waals surface area (Å²) < 4.78 is 0. The smallest absolute Gasteiger partial charge is 0.223 e. The predicted molar refractivity (Wildman–Crippen MR) is 97.6 cm³/mol. The molecule has 132 valence electrons. The normalized spacial score (nSPS) is 22.9. The first-order valence-corrected chi connectivity index (χ1v) is 9.78. The van der Waals surface area contributed by atoms with Crippen LogP contribution in [0.1, 0.15) is 29.8 Å². The summed E-state index contributed by atoms with van der Waals surface area (Å²) in [5.41, 5.74) is 2.92. The van der Waals surface area contributed by atoms with Crippen LogP contribution in [0.15, 0.2) is 24.1 Å². The Kier molecular flexibility index (Phi) is 4.65. The number of carbonyl (C=O) groups excluding carboxylic acids is 1. The van der Waals surface area contributed by atoms with Crippen molar-refractivity contribution < 1.29 is 4.79 Å². The summed E-state index contributed by atoms with van der Waals surface area (Å²) in [5, 5.41) is 0. The molecule has 0 aromatic carbocycles. The number of aryl methyl sites for hydroxylation is 2. The molecule has 2 bridgehead atoms. The van der Waals surface area contributed by atoms with E-state index in [1.807, 2.05) is 18.6 Å². The molecule has 2 aromatic heterocycles. The maximum Gasteiger partial charge on any atom is 0.223 e. The van der Waals surface area contributed by atoms with Gasteiger partial charge in [0, 0.05) is 49.4 Å². The van der Waals surface area contributed by atoms with Gasteiger partial charge in [-0.1, -0.05) is 0 Å². The molecular formula is C18H23N5OS. The molecule has 7 heteroatoms. The monoisotopic (exact) mass is 357 g/mol. The quantitative estimate of drug-likeness (QED) is 0.840. The van der Waals surface area contributed by atoms with Gasteiger partial charge >= 0.3 is 0 Å². The summed E-state index contributed by atoms with van der Waals surface area (Å²) in [6, 6.07) is 0.288. The lowest BCUT2D eigenvalue weighted by molar-refractivity contribution is -0.135. The van der Waals surface area contributed by atoms with Crippen LogP contribution in [-0.2, 0) is 11.2 Å². The highest BCUT2D eigenvalue weighted by molar-refractivity contribution is 7.09. The van der Waals surface area contributed by atoms with Crippen molar-refractivity contribution in [3.05, 3.63) is 34.7 Å². The molecule has 25 heavy (non-hydrogen) atoms. The second kappa shape index (κ2) is 7.07. The Balaban J connectivity index is 1.43. The fraction of sp³-hybridized carbons (Fsp3) is 0.556. The fourth-order valence-corrected chi connectivity index (χ4v) is 4.74. The molecule has 0 spiro atoms. The van der Waals surface area contributed by atoms with E-state index < -0.39 is 0 Å². The third-order valence-electron chi connectivity index (χ3n) is 5.32.